The summed E-state index contributed by atoms with van der Waals surface area (Å²) >= 11 is 0. The van der Waals surface area contributed by atoms with E-state index >= 15 is 0 Å². The number of nitrogens with one attached hydrogen (secondary N) is 1. The van der Waals surface area contributed by atoms with Crippen molar-refractivity contribution in [2.75, 3.05) is 5.32 Å². The SMILES string of the molecule is Cc1cccc(C)c1NC(=O)[C@H](C)n1ncc(-c2ccccc2)nc1=O. The lowest BCUT2D eigenvalue weighted by Crippen LogP contribution is -2.35. The molecule has 0 aliphatic heterocycles. The van der Waals surface area contributed by atoms with E-state index in [2.05, 4.69) is 15.4 Å². The standard InChI is InChI=1S/C20H20N4O2/c1-13-8-7-9-14(2)18(13)23-19(25)15(3)24-20(26)22-17(12-21-24)16-10-5-4-6-11-16/h4-12,15H,1-3H3,(H,23,25)/t15-/m0/s1. The molecule has 2 aromatic carbocycles. The van der Waals surface area contributed by atoms with E-state index in [9.17, 15) is 9.59 Å². The van der Waals surface area contributed by atoms with Crippen LogP contribution in [0.2, 0.25) is 0 Å². The number of hydrogen-bond donors (Lipinski definition) is 1. The molecule has 1 N–H and O–H groups in total. The van der Waals surface area contributed by atoms with E-state index in [1.807, 2.05) is 62.4 Å². The van der Waals surface area contributed by atoms with Crippen molar-refractivity contribution in [1.29, 1.82) is 0 Å². The summed E-state index contributed by atoms with van der Waals surface area (Å²) < 4.78 is 1.09. The van der Waals surface area contributed by atoms with Gasteiger partial charge in [0.25, 0.3) is 0 Å². The Labute approximate surface area is 151 Å². The van der Waals surface area contributed by atoms with Crippen molar-refractivity contribution < 1.29 is 4.79 Å². The summed E-state index contributed by atoms with van der Waals surface area (Å²) in [5.41, 5.74) is 3.40. The van der Waals surface area contributed by atoms with Gasteiger partial charge in [0, 0.05) is 11.3 Å². The summed E-state index contributed by atoms with van der Waals surface area (Å²) in [7, 11) is 0. The highest BCUT2D eigenvalue weighted by molar-refractivity contribution is 5.94. The van der Waals surface area contributed by atoms with Crippen LogP contribution in [0.4, 0.5) is 5.69 Å². The molecule has 6 heteroatoms. The number of rotatable bonds is 4. The van der Waals surface area contributed by atoms with Gasteiger partial charge in [0.05, 0.1) is 11.9 Å². The van der Waals surface area contributed by atoms with Crippen molar-refractivity contribution in [2.24, 2.45) is 0 Å². The van der Waals surface area contributed by atoms with Gasteiger partial charge in [-0.15, -0.1) is 0 Å². The normalized spacial score (nSPS) is 11.8. The Hall–Kier alpha value is -3.28. The molecule has 0 radical (unpaired) electrons. The Bertz CT molecular complexity index is 976. The summed E-state index contributed by atoms with van der Waals surface area (Å²) in [4.78, 5) is 29.0. The van der Waals surface area contributed by atoms with E-state index in [-0.39, 0.29) is 5.91 Å². The zero-order valence-electron chi connectivity index (χ0n) is 14.9. The van der Waals surface area contributed by atoms with Crippen molar-refractivity contribution in [1.82, 2.24) is 14.8 Å². The van der Waals surface area contributed by atoms with Crippen LogP contribution in [0, 0.1) is 13.8 Å². The van der Waals surface area contributed by atoms with Crippen LogP contribution in [0.1, 0.15) is 24.1 Å². The fourth-order valence-corrected chi connectivity index (χ4v) is 2.71. The van der Waals surface area contributed by atoms with Gasteiger partial charge in [-0.1, -0.05) is 48.5 Å². The van der Waals surface area contributed by atoms with Gasteiger partial charge in [-0.2, -0.15) is 10.1 Å². The summed E-state index contributed by atoms with van der Waals surface area (Å²) in [6.45, 7) is 5.48. The molecule has 0 spiro atoms. The minimum absolute atomic E-state index is 0.314. The average Bonchev–Trinajstić information content (AvgIpc) is 2.65. The van der Waals surface area contributed by atoms with Crippen molar-refractivity contribution in [3.8, 4) is 11.3 Å². The maximum Gasteiger partial charge on any atom is 0.365 e. The van der Waals surface area contributed by atoms with E-state index < -0.39 is 11.7 Å². The Balaban J connectivity index is 1.85. The fourth-order valence-electron chi connectivity index (χ4n) is 2.71. The Morgan fingerprint density at radius 2 is 1.69 bits per heavy atom. The highest BCUT2D eigenvalue weighted by atomic mass is 16.2. The number of carbonyl (C=O) groups is 1. The summed E-state index contributed by atoms with van der Waals surface area (Å²) in [6.07, 6.45) is 1.50. The maximum absolute atomic E-state index is 12.6. The molecule has 0 saturated heterocycles. The number of hydrogen-bond acceptors (Lipinski definition) is 4. The van der Waals surface area contributed by atoms with E-state index in [4.69, 9.17) is 0 Å². The highest BCUT2D eigenvalue weighted by Gasteiger charge is 2.19. The summed E-state index contributed by atoms with van der Waals surface area (Å²) in [5.74, 6) is -0.314. The summed E-state index contributed by atoms with van der Waals surface area (Å²) in [5, 5.41) is 7.03. The number of carbonyl (C=O) groups excluding carboxylic acids is 1. The zero-order valence-corrected chi connectivity index (χ0v) is 14.9. The Kier molecular flexibility index (Phi) is 4.93. The first-order valence-electron chi connectivity index (χ1n) is 8.35. The van der Waals surface area contributed by atoms with E-state index in [0.29, 0.717) is 5.69 Å². The first-order valence-corrected chi connectivity index (χ1v) is 8.35. The van der Waals surface area contributed by atoms with Crippen molar-refractivity contribution in [3.05, 3.63) is 76.3 Å². The lowest BCUT2D eigenvalue weighted by molar-refractivity contribution is -0.119. The number of anilines is 1. The second kappa shape index (κ2) is 7.31. The quantitative estimate of drug-likeness (QED) is 0.786. The molecule has 0 unspecified atom stereocenters. The molecule has 0 aliphatic rings. The Morgan fingerprint density at radius 3 is 2.31 bits per heavy atom. The van der Waals surface area contributed by atoms with Crippen LogP contribution in [-0.4, -0.2) is 20.7 Å². The van der Waals surface area contributed by atoms with Crippen LogP contribution in [0.3, 0.4) is 0 Å². The predicted molar refractivity (Wildman–Crippen MR) is 101 cm³/mol. The molecular formula is C20H20N4O2. The number of aromatic nitrogens is 3. The van der Waals surface area contributed by atoms with Crippen molar-refractivity contribution in [2.45, 2.75) is 26.8 Å². The minimum Gasteiger partial charge on any atom is -0.324 e. The number of aryl methyl sites for hydroxylation is 2. The van der Waals surface area contributed by atoms with Crippen LogP contribution in [-0.2, 0) is 4.79 Å². The average molecular weight is 348 g/mol. The lowest BCUT2D eigenvalue weighted by Gasteiger charge is -2.16. The molecular weight excluding hydrogens is 328 g/mol. The third-order valence-corrected chi connectivity index (χ3v) is 4.26. The molecule has 6 nitrogen and oxygen atoms in total. The lowest BCUT2D eigenvalue weighted by atomic mass is 10.1. The second-order valence-electron chi connectivity index (χ2n) is 6.17. The van der Waals surface area contributed by atoms with Gasteiger partial charge in [-0.25, -0.2) is 9.48 Å². The fraction of sp³-hybridized carbons (Fsp3) is 0.200. The number of nitrogens with zero attached hydrogens (tertiary/aromatic N) is 3. The van der Waals surface area contributed by atoms with Gasteiger partial charge in [0.1, 0.15) is 6.04 Å². The molecule has 132 valence electrons. The summed E-state index contributed by atoms with van der Waals surface area (Å²) in [6, 6.07) is 14.3. The van der Waals surface area contributed by atoms with Gasteiger partial charge >= 0.3 is 5.69 Å². The first kappa shape index (κ1) is 17.5. The van der Waals surface area contributed by atoms with Gasteiger partial charge in [0.15, 0.2) is 0 Å². The number of benzene rings is 2. The monoisotopic (exact) mass is 348 g/mol. The number of para-hydroxylation sites is 1. The molecule has 1 aromatic heterocycles. The molecule has 1 amide bonds. The molecule has 0 aliphatic carbocycles. The van der Waals surface area contributed by atoms with Crippen LogP contribution >= 0.6 is 0 Å². The van der Waals surface area contributed by atoms with Crippen molar-refractivity contribution in [3.63, 3.8) is 0 Å². The van der Waals surface area contributed by atoms with Crippen LogP contribution in [0.15, 0.2) is 59.5 Å². The smallest absolute Gasteiger partial charge is 0.324 e. The molecule has 1 heterocycles. The highest BCUT2D eigenvalue weighted by Crippen LogP contribution is 2.20. The molecule has 0 fully saturated rings. The second-order valence-corrected chi connectivity index (χ2v) is 6.17. The third-order valence-electron chi connectivity index (χ3n) is 4.26. The molecule has 3 rings (SSSR count). The van der Waals surface area contributed by atoms with E-state index in [1.165, 1.54) is 6.20 Å². The molecule has 3 aromatic rings. The minimum atomic E-state index is -0.779. The van der Waals surface area contributed by atoms with Crippen molar-refractivity contribution >= 4 is 11.6 Å². The zero-order chi connectivity index (χ0) is 18.7. The molecule has 1 atom stereocenters. The van der Waals surface area contributed by atoms with E-state index in [0.717, 1.165) is 27.1 Å². The van der Waals surface area contributed by atoms with Crippen LogP contribution in [0.5, 0.6) is 0 Å². The third kappa shape index (κ3) is 3.54. The van der Waals surface area contributed by atoms with E-state index in [1.54, 1.807) is 6.92 Å². The maximum atomic E-state index is 12.6. The molecule has 0 saturated carbocycles. The van der Waals surface area contributed by atoms with Crippen LogP contribution < -0.4 is 11.0 Å². The molecule has 26 heavy (non-hydrogen) atoms. The number of amides is 1. The van der Waals surface area contributed by atoms with Gasteiger partial charge in [0.2, 0.25) is 5.91 Å². The van der Waals surface area contributed by atoms with Gasteiger partial charge in [-0.3, -0.25) is 4.79 Å². The first-order chi connectivity index (χ1) is 12.5. The topological polar surface area (TPSA) is 76.9 Å². The molecule has 0 bridgehead atoms. The Morgan fingerprint density at radius 1 is 1.04 bits per heavy atom. The largest absolute Gasteiger partial charge is 0.365 e. The van der Waals surface area contributed by atoms with Gasteiger partial charge in [-0.05, 0) is 31.9 Å². The predicted octanol–water partition coefficient (Wildman–Crippen LogP) is 3.12. The van der Waals surface area contributed by atoms with Gasteiger partial charge < -0.3 is 5.32 Å². The van der Waals surface area contributed by atoms with Crippen LogP contribution in [0.25, 0.3) is 11.3 Å².